The van der Waals surface area contributed by atoms with Crippen molar-refractivity contribution in [1.82, 2.24) is 9.97 Å². The Morgan fingerprint density at radius 2 is 1.64 bits per heavy atom. The summed E-state index contributed by atoms with van der Waals surface area (Å²) in [4.78, 5) is 9.09. The Labute approximate surface area is 165 Å². The van der Waals surface area contributed by atoms with Crippen LogP contribution in [0.1, 0.15) is 57.2 Å². The molecular formula is C23H27N3O2. The van der Waals surface area contributed by atoms with Gasteiger partial charge in [-0.25, -0.2) is 4.98 Å². The molecule has 0 amide bonds. The average Bonchev–Trinajstić information content (AvgIpc) is 3.14. The number of aryl methyl sites for hydroxylation is 1. The maximum Gasteiger partial charge on any atom is 0.293 e. The van der Waals surface area contributed by atoms with Gasteiger partial charge in [0.25, 0.3) is 6.01 Å². The number of anilines is 1. The number of hydrogen-bond donors (Lipinski definition) is 1. The van der Waals surface area contributed by atoms with Gasteiger partial charge in [0.15, 0.2) is 17.1 Å². The van der Waals surface area contributed by atoms with Crippen LogP contribution in [-0.2, 0) is 17.3 Å². The average molecular weight is 377 g/mol. The maximum atomic E-state index is 5.92. The van der Waals surface area contributed by atoms with Crippen LogP contribution in [-0.4, -0.2) is 9.97 Å². The molecule has 0 unspecified atom stereocenters. The second kappa shape index (κ2) is 6.09. The van der Waals surface area contributed by atoms with Crippen molar-refractivity contribution >= 4 is 28.2 Å². The van der Waals surface area contributed by atoms with E-state index in [-0.39, 0.29) is 16.8 Å². The van der Waals surface area contributed by atoms with Crippen molar-refractivity contribution in [3.8, 4) is 0 Å². The summed E-state index contributed by atoms with van der Waals surface area (Å²) in [6.45, 7) is 12.8. The van der Waals surface area contributed by atoms with Gasteiger partial charge in [0.05, 0.1) is 0 Å². The zero-order chi connectivity index (χ0) is 20.3. The Kier molecular flexibility index (Phi) is 4.03. The molecule has 146 valence electrons. The molecule has 0 radical (unpaired) electrons. The van der Waals surface area contributed by atoms with Crippen LogP contribution in [0.3, 0.4) is 0 Å². The highest BCUT2D eigenvalue weighted by Crippen LogP contribution is 2.38. The second-order valence-corrected chi connectivity index (χ2v) is 9.20. The number of oxazole rings is 2. The van der Waals surface area contributed by atoms with E-state index in [1.807, 2.05) is 19.1 Å². The molecule has 0 saturated heterocycles. The minimum absolute atomic E-state index is 0.0422. The fourth-order valence-electron chi connectivity index (χ4n) is 4.00. The van der Waals surface area contributed by atoms with Crippen molar-refractivity contribution in [3.05, 3.63) is 52.9 Å². The van der Waals surface area contributed by atoms with E-state index in [0.717, 1.165) is 45.3 Å². The van der Waals surface area contributed by atoms with Crippen molar-refractivity contribution in [2.45, 2.75) is 58.8 Å². The quantitative estimate of drug-likeness (QED) is 0.497. The zero-order valence-electron chi connectivity index (χ0n) is 17.4. The standard InChI is InChI=1S/C23H27N3O2/c1-13-25-18-16(8-7-9-17(18)27-13)23(5,6)12-14-10-11-15(22(2,3)4)19-20(14)28-21(24)26-19/h7-11H,12H2,1-6H3,(H2,24,26). The summed E-state index contributed by atoms with van der Waals surface area (Å²) in [6.07, 6.45) is 0.771. The highest BCUT2D eigenvalue weighted by atomic mass is 16.4. The minimum Gasteiger partial charge on any atom is -0.441 e. The van der Waals surface area contributed by atoms with Gasteiger partial charge in [-0.05, 0) is 40.0 Å². The highest BCUT2D eigenvalue weighted by Gasteiger charge is 2.28. The molecule has 0 aliphatic carbocycles. The first kappa shape index (κ1) is 18.5. The van der Waals surface area contributed by atoms with Crippen LogP contribution in [0.25, 0.3) is 22.2 Å². The molecule has 4 rings (SSSR count). The minimum atomic E-state index is -0.180. The molecule has 28 heavy (non-hydrogen) atoms. The first-order chi connectivity index (χ1) is 13.1. The molecule has 2 heterocycles. The van der Waals surface area contributed by atoms with Crippen LogP contribution in [0, 0.1) is 6.92 Å². The molecule has 0 spiro atoms. The molecule has 5 heteroatoms. The lowest BCUT2D eigenvalue weighted by Gasteiger charge is -2.26. The molecule has 0 atom stereocenters. The molecule has 4 aromatic rings. The highest BCUT2D eigenvalue weighted by molar-refractivity contribution is 5.83. The first-order valence-electron chi connectivity index (χ1n) is 9.61. The van der Waals surface area contributed by atoms with E-state index in [9.17, 15) is 0 Å². The monoisotopic (exact) mass is 377 g/mol. The molecule has 0 fully saturated rings. The second-order valence-electron chi connectivity index (χ2n) is 9.20. The van der Waals surface area contributed by atoms with E-state index in [0.29, 0.717) is 5.89 Å². The summed E-state index contributed by atoms with van der Waals surface area (Å²) in [5.41, 5.74) is 12.5. The van der Waals surface area contributed by atoms with Gasteiger partial charge in [0, 0.05) is 6.92 Å². The van der Waals surface area contributed by atoms with Crippen molar-refractivity contribution in [2.24, 2.45) is 0 Å². The number of benzene rings is 2. The van der Waals surface area contributed by atoms with Crippen LogP contribution in [0.5, 0.6) is 0 Å². The van der Waals surface area contributed by atoms with Gasteiger partial charge < -0.3 is 14.6 Å². The SMILES string of the molecule is Cc1nc2c(C(C)(C)Cc3ccc(C(C)(C)C)c4nc(N)oc34)cccc2o1. The van der Waals surface area contributed by atoms with Crippen LogP contribution >= 0.6 is 0 Å². The lowest BCUT2D eigenvalue weighted by Crippen LogP contribution is -2.21. The Balaban J connectivity index is 1.83. The van der Waals surface area contributed by atoms with E-state index in [2.05, 4.69) is 62.8 Å². The van der Waals surface area contributed by atoms with Gasteiger partial charge in [-0.15, -0.1) is 0 Å². The van der Waals surface area contributed by atoms with Crippen LogP contribution in [0.4, 0.5) is 6.01 Å². The van der Waals surface area contributed by atoms with Crippen molar-refractivity contribution < 1.29 is 8.83 Å². The molecule has 2 N–H and O–H groups in total. The Morgan fingerprint density at radius 1 is 0.893 bits per heavy atom. The molecule has 0 bridgehead atoms. The smallest absolute Gasteiger partial charge is 0.293 e. The Bertz CT molecular complexity index is 1180. The van der Waals surface area contributed by atoms with Crippen molar-refractivity contribution in [3.63, 3.8) is 0 Å². The third-order valence-electron chi connectivity index (χ3n) is 5.34. The number of nitrogens with two attached hydrogens (primary N) is 1. The summed E-state index contributed by atoms with van der Waals surface area (Å²) < 4.78 is 11.6. The number of hydrogen-bond acceptors (Lipinski definition) is 5. The molecule has 0 saturated carbocycles. The number of para-hydroxylation sites is 1. The van der Waals surface area contributed by atoms with Gasteiger partial charge in [-0.2, -0.15) is 4.98 Å². The zero-order valence-corrected chi connectivity index (χ0v) is 17.4. The van der Waals surface area contributed by atoms with Crippen LogP contribution < -0.4 is 5.73 Å². The molecule has 0 aliphatic rings. The fraction of sp³-hybridized carbons (Fsp3) is 0.391. The summed E-state index contributed by atoms with van der Waals surface area (Å²) in [5, 5.41) is 0. The fourth-order valence-corrected chi connectivity index (χ4v) is 4.00. The van der Waals surface area contributed by atoms with E-state index in [1.165, 1.54) is 0 Å². The van der Waals surface area contributed by atoms with E-state index >= 15 is 0 Å². The molecule has 2 aromatic heterocycles. The van der Waals surface area contributed by atoms with Gasteiger partial charge in [-0.1, -0.05) is 58.9 Å². The van der Waals surface area contributed by atoms with E-state index < -0.39 is 0 Å². The summed E-state index contributed by atoms with van der Waals surface area (Å²) in [5.74, 6) is 0.679. The lowest BCUT2D eigenvalue weighted by molar-refractivity contribution is 0.520. The molecule has 5 nitrogen and oxygen atoms in total. The number of nitrogen functional groups attached to an aromatic ring is 1. The maximum absolute atomic E-state index is 5.92. The van der Waals surface area contributed by atoms with Gasteiger partial charge in [0.1, 0.15) is 11.0 Å². The van der Waals surface area contributed by atoms with Gasteiger partial charge >= 0.3 is 0 Å². The Morgan fingerprint density at radius 3 is 2.36 bits per heavy atom. The number of rotatable bonds is 3. The predicted molar refractivity (Wildman–Crippen MR) is 113 cm³/mol. The first-order valence-corrected chi connectivity index (χ1v) is 9.61. The lowest BCUT2D eigenvalue weighted by atomic mass is 9.77. The Hall–Kier alpha value is -2.82. The van der Waals surface area contributed by atoms with E-state index in [4.69, 9.17) is 14.6 Å². The predicted octanol–water partition coefficient (Wildman–Crippen LogP) is 5.68. The molecule has 2 aromatic carbocycles. The van der Waals surface area contributed by atoms with Crippen LogP contribution in [0.15, 0.2) is 39.2 Å². The van der Waals surface area contributed by atoms with Gasteiger partial charge in [-0.3, -0.25) is 0 Å². The molecular weight excluding hydrogens is 350 g/mol. The topological polar surface area (TPSA) is 78.1 Å². The largest absolute Gasteiger partial charge is 0.441 e. The summed E-state index contributed by atoms with van der Waals surface area (Å²) in [6, 6.07) is 10.6. The summed E-state index contributed by atoms with van der Waals surface area (Å²) in [7, 11) is 0. The van der Waals surface area contributed by atoms with Gasteiger partial charge in [0.2, 0.25) is 0 Å². The third kappa shape index (κ3) is 3.05. The third-order valence-corrected chi connectivity index (χ3v) is 5.34. The number of fused-ring (bicyclic) bond motifs is 2. The van der Waals surface area contributed by atoms with E-state index in [1.54, 1.807) is 0 Å². The number of nitrogens with zero attached hydrogens (tertiary/aromatic N) is 2. The number of aromatic nitrogens is 2. The van der Waals surface area contributed by atoms with Crippen LogP contribution in [0.2, 0.25) is 0 Å². The van der Waals surface area contributed by atoms with Crippen molar-refractivity contribution in [1.29, 1.82) is 0 Å². The van der Waals surface area contributed by atoms with Crippen molar-refractivity contribution in [2.75, 3.05) is 5.73 Å². The summed E-state index contributed by atoms with van der Waals surface area (Å²) >= 11 is 0. The molecule has 0 aliphatic heterocycles. The normalized spacial score (nSPS) is 12.9.